The Morgan fingerprint density at radius 3 is 2.62 bits per heavy atom. The van der Waals surface area contributed by atoms with E-state index in [9.17, 15) is 9.59 Å². The van der Waals surface area contributed by atoms with Crippen molar-refractivity contribution in [3.05, 3.63) is 34.9 Å². The van der Waals surface area contributed by atoms with Crippen molar-refractivity contribution in [3.8, 4) is 0 Å². The van der Waals surface area contributed by atoms with E-state index in [4.69, 9.17) is 5.21 Å². The van der Waals surface area contributed by atoms with Crippen LogP contribution >= 0.6 is 0 Å². The highest BCUT2D eigenvalue weighted by molar-refractivity contribution is 5.93. The lowest BCUT2D eigenvalue weighted by molar-refractivity contribution is -0.131. The van der Waals surface area contributed by atoms with Crippen molar-refractivity contribution in [1.29, 1.82) is 0 Å². The van der Waals surface area contributed by atoms with Crippen LogP contribution in [-0.2, 0) is 17.6 Å². The lowest BCUT2D eigenvalue weighted by Gasteiger charge is -2.20. The predicted octanol–water partition coefficient (Wildman–Crippen LogP) is 1.92. The summed E-state index contributed by atoms with van der Waals surface area (Å²) in [5.41, 5.74) is 4.36. The molecule has 1 aliphatic rings. The van der Waals surface area contributed by atoms with Gasteiger partial charge in [-0.25, -0.2) is 5.48 Å². The minimum atomic E-state index is -0.502. The average Bonchev–Trinajstić information content (AvgIpc) is 2.73. The third kappa shape index (κ3) is 3.82. The highest BCUT2D eigenvalue weighted by atomic mass is 16.5. The second kappa shape index (κ2) is 7.22. The number of carbonyl (C=O) groups excluding carboxylic acids is 2. The largest absolute Gasteiger partial charge is 0.342 e. The number of nitrogens with zero attached hydrogens (tertiary/aromatic N) is 1. The molecule has 0 radical (unpaired) electrons. The van der Waals surface area contributed by atoms with Crippen LogP contribution in [0.4, 0.5) is 0 Å². The molecule has 114 valence electrons. The zero-order chi connectivity index (χ0) is 15.2. The summed E-state index contributed by atoms with van der Waals surface area (Å²) in [5, 5.41) is 8.69. The number of unbranched alkanes of at least 4 members (excludes halogenated alkanes) is 1. The molecule has 0 unspecified atom stereocenters. The smallest absolute Gasteiger partial charge is 0.274 e. The maximum Gasteiger partial charge on any atom is 0.274 e. The van der Waals surface area contributed by atoms with Gasteiger partial charge in [-0.2, -0.15) is 0 Å². The van der Waals surface area contributed by atoms with E-state index in [0.717, 1.165) is 37.8 Å². The van der Waals surface area contributed by atoms with E-state index in [0.29, 0.717) is 18.5 Å². The standard InChI is InChI=1S/C16H22N2O3/c1-2-3-4-15(19)18-9-7-12-5-6-14(16(20)17-21)11-13(12)8-10-18/h5-6,11,21H,2-4,7-10H2,1H3,(H,17,20). The van der Waals surface area contributed by atoms with Gasteiger partial charge in [0.2, 0.25) is 5.91 Å². The third-order valence-electron chi connectivity index (χ3n) is 3.97. The summed E-state index contributed by atoms with van der Waals surface area (Å²) in [6.07, 6.45) is 4.14. The average molecular weight is 290 g/mol. The number of benzene rings is 1. The summed E-state index contributed by atoms with van der Waals surface area (Å²) in [4.78, 5) is 25.5. The minimum absolute atomic E-state index is 0.220. The molecular formula is C16H22N2O3. The van der Waals surface area contributed by atoms with Gasteiger partial charge < -0.3 is 4.90 Å². The summed E-state index contributed by atoms with van der Waals surface area (Å²) >= 11 is 0. The van der Waals surface area contributed by atoms with Gasteiger partial charge in [0.15, 0.2) is 0 Å². The van der Waals surface area contributed by atoms with Gasteiger partial charge in [-0.3, -0.25) is 14.8 Å². The summed E-state index contributed by atoms with van der Waals surface area (Å²) < 4.78 is 0. The summed E-state index contributed by atoms with van der Waals surface area (Å²) in [6, 6.07) is 5.43. The normalized spacial score (nSPS) is 14.3. The number of fused-ring (bicyclic) bond motifs is 1. The maximum absolute atomic E-state index is 12.1. The fourth-order valence-corrected chi connectivity index (χ4v) is 2.67. The molecule has 1 heterocycles. The minimum Gasteiger partial charge on any atom is -0.342 e. The van der Waals surface area contributed by atoms with Crippen LogP contribution in [-0.4, -0.2) is 35.0 Å². The van der Waals surface area contributed by atoms with Crippen molar-refractivity contribution in [3.63, 3.8) is 0 Å². The molecule has 0 saturated carbocycles. The molecule has 0 fully saturated rings. The summed E-state index contributed by atoms with van der Waals surface area (Å²) in [6.45, 7) is 3.51. The van der Waals surface area contributed by atoms with Gasteiger partial charge in [-0.15, -0.1) is 0 Å². The number of rotatable bonds is 4. The molecule has 2 rings (SSSR count). The quantitative estimate of drug-likeness (QED) is 0.657. The number of hydrogen-bond acceptors (Lipinski definition) is 3. The van der Waals surface area contributed by atoms with Gasteiger partial charge in [0.05, 0.1) is 0 Å². The van der Waals surface area contributed by atoms with Crippen LogP contribution < -0.4 is 5.48 Å². The van der Waals surface area contributed by atoms with Crippen LogP contribution in [0.3, 0.4) is 0 Å². The molecule has 2 amide bonds. The van der Waals surface area contributed by atoms with E-state index >= 15 is 0 Å². The van der Waals surface area contributed by atoms with E-state index in [1.54, 1.807) is 17.6 Å². The Balaban J connectivity index is 2.07. The van der Waals surface area contributed by atoms with Crippen LogP contribution in [0.15, 0.2) is 18.2 Å². The van der Waals surface area contributed by atoms with Crippen LogP contribution in [0.5, 0.6) is 0 Å². The number of hydroxylamine groups is 1. The molecule has 0 spiro atoms. The molecule has 0 bridgehead atoms. The van der Waals surface area contributed by atoms with E-state index < -0.39 is 5.91 Å². The molecule has 5 heteroatoms. The Labute approximate surface area is 124 Å². The molecular weight excluding hydrogens is 268 g/mol. The van der Waals surface area contributed by atoms with Crippen LogP contribution in [0.1, 0.15) is 47.7 Å². The monoisotopic (exact) mass is 290 g/mol. The van der Waals surface area contributed by atoms with E-state index in [-0.39, 0.29) is 5.91 Å². The first-order valence-electron chi connectivity index (χ1n) is 7.49. The molecule has 0 aliphatic carbocycles. The van der Waals surface area contributed by atoms with Crippen LogP contribution in [0.2, 0.25) is 0 Å². The zero-order valence-electron chi connectivity index (χ0n) is 12.4. The molecule has 0 atom stereocenters. The van der Waals surface area contributed by atoms with Gasteiger partial charge in [-0.1, -0.05) is 19.4 Å². The number of hydrogen-bond donors (Lipinski definition) is 2. The molecule has 21 heavy (non-hydrogen) atoms. The lowest BCUT2D eigenvalue weighted by Crippen LogP contribution is -2.33. The molecule has 0 aromatic heterocycles. The Morgan fingerprint density at radius 1 is 1.24 bits per heavy atom. The molecule has 1 aromatic carbocycles. The molecule has 5 nitrogen and oxygen atoms in total. The van der Waals surface area contributed by atoms with Crippen molar-refractivity contribution in [2.24, 2.45) is 0 Å². The SMILES string of the molecule is CCCCC(=O)N1CCc2ccc(C(=O)NO)cc2CC1. The highest BCUT2D eigenvalue weighted by Crippen LogP contribution is 2.18. The Kier molecular flexibility index (Phi) is 5.33. The second-order valence-corrected chi connectivity index (χ2v) is 5.41. The van der Waals surface area contributed by atoms with Crippen LogP contribution in [0, 0.1) is 0 Å². The molecule has 1 aromatic rings. The topological polar surface area (TPSA) is 69.6 Å². The summed E-state index contributed by atoms with van der Waals surface area (Å²) in [5.74, 6) is -0.282. The Bertz CT molecular complexity index is 528. The van der Waals surface area contributed by atoms with Gasteiger partial charge in [0.1, 0.15) is 0 Å². The van der Waals surface area contributed by atoms with Crippen molar-refractivity contribution in [1.82, 2.24) is 10.4 Å². The van der Waals surface area contributed by atoms with Crippen LogP contribution in [0.25, 0.3) is 0 Å². The lowest BCUT2D eigenvalue weighted by atomic mass is 10.00. The van der Waals surface area contributed by atoms with Crippen molar-refractivity contribution >= 4 is 11.8 Å². The summed E-state index contributed by atoms with van der Waals surface area (Å²) in [7, 11) is 0. The fraction of sp³-hybridized carbons (Fsp3) is 0.500. The first-order valence-corrected chi connectivity index (χ1v) is 7.49. The number of carbonyl (C=O) groups is 2. The van der Waals surface area contributed by atoms with Gasteiger partial charge >= 0.3 is 0 Å². The molecule has 2 N–H and O–H groups in total. The fourth-order valence-electron chi connectivity index (χ4n) is 2.67. The van der Waals surface area contributed by atoms with Crippen molar-refractivity contribution in [2.75, 3.05) is 13.1 Å². The van der Waals surface area contributed by atoms with Gasteiger partial charge in [0, 0.05) is 25.1 Å². The first kappa shape index (κ1) is 15.5. The van der Waals surface area contributed by atoms with Gasteiger partial charge in [-0.05, 0) is 42.5 Å². The number of nitrogens with one attached hydrogen (secondary N) is 1. The van der Waals surface area contributed by atoms with Gasteiger partial charge in [0.25, 0.3) is 5.91 Å². The molecule has 0 saturated heterocycles. The highest BCUT2D eigenvalue weighted by Gasteiger charge is 2.19. The second-order valence-electron chi connectivity index (χ2n) is 5.41. The van der Waals surface area contributed by atoms with Crippen molar-refractivity contribution in [2.45, 2.75) is 39.0 Å². The third-order valence-corrected chi connectivity index (χ3v) is 3.97. The van der Waals surface area contributed by atoms with E-state index in [1.807, 2.05) is 11.0 Å². The zero-order valence-corrected chi connectivity index (χ0v) is 12.4. The van der Waals surface area contributed by atoms with E-state index in [1.165, 1.54) is 5.56 Å². The Hall–Kier alpha value is -1.88. The first-order chi connectivity index (χ1) is 10.2. The maximum atomic E-state index is 12.1. The number of amides is 2. The Morgan fingerprint density at radius 2 is 1.95 bits per heavy atom. The van der Waals surface area contributed by atoms with Crippen molar-refractivity contribution < 1.29 is 14.8 Å². The molecule has 1 aliphatic heterocycles. The predicted molar refractivity (Wildman–Crippen MR) is 79.2 cm³/mol. The van der Waals surface area contributed by atoms with E-state index in [2.05, 4.69) is 6.92 Å².